The molecule has 0 bridgehead atoms. The first-order valence-corrected chi connectivity index (χ1v) is 12.3. The third-order valence-electron chi connectivity index (χ3n) is 7.15. The minimum absolute atomic E-state index is 0.0322. The van der Waals surface area contributed by atoms with Crippen molar-refractivity contribution in [2.24, 2.45) is 11.8 Å². The Hall–Kier alpha value is -1.98. The molecule has 4 aliphatic rings. The van der Waals surface area contributed by atoms with Crippen LogP contribution in [0.25, 0.3) is 0 Å². The van der Waals surface area contributed by atoms with Crippen LogP contribution in [0.1, 0.15) is 36.7 Å². The number of aromatic nitrogens is 4. The van der Waals surface area contributed by atoms with Gasteiger partial charge in [0.15, 0.2) is 0 Å². The van der Waals surface area contributed by atoms with Crippen LogP contribution >= 0.6 is 11.6 Å². The highest BCUT2D eigenvalue weighted by atomic mass is 35.5. The van der Waals surface area contributed by atoms with Crippen molar-refractivity contribution in [3.63, 3.8) is 0 Å². The van der Waals surface area contributed by atoms with E-state index in [0.717, 1.165) is 12.2 Å². The minimum Gasteiger partial charge on any atom is -0.394 e. The van der Waals surface area contributed by atoms with Gasteiger partial charge in [-0.2, -0.15) is 13.8 Å². The average Bonchev–Trinajstić information content (AvgIpc) is 3.10. The normalized spacial score (nSPS) is 31.1. The molecule has 8 nitrogen and oxygen atoms in total. The minimum atomic E-state index is -3.28. The summed E-state index contributed by atoms with van der Waals surface area (Å²) in [6.07, 6.45) is 5.50. The number of nitrogens with zero attached hydrogens (tertiary/aromatic N) is 5. The van der Waals surface area contributed by atoms with Crippen molar-refractivity contribution in [2.75, 3.05) is 35.7 Å². The van der Waals surface area contributed by atoms with Gasteiger partial charge in [0, 0.05) is 31.4 Å². The van der Waals surface area contributed by atoms with E-state index in [1.165, 1.54) is 0 Å². The second-order valence-electron chi connectivity index (χ2n) is 9.18. The first-order valence-electron chi connectivity index (χ1n) is 10.6. The smallest absolute Gasteiger partial charge is 0.302 e. The summed E-state index contributed by atoms with van der Waals surface area (Å²) in [6, 6.07) is 0. The highest BCUT2D eigenvalue weighted by Gasteiger charge is 2.59. The Morgan fingerprint density at radius 1 is 1.22 bits per heavy atom. The summed E-state index contributed by atoms with van der Waals surface area (Å²) in [6.45, 7) is 1.08. The van der Waals surface area contributed by atoms with E-state index < -0.39 is 33.7 Å². The van der Waals surface area contributed by atoms with Crippen LogP contribution in [-0.4, -0.2) is 60.2 Å². The van der Waals surface area contributed by atoms with Gasteiger partial charge in [-0.3, -0.25) is 4.21 Å². The van der Waals surface area contributed by atoms with E-state index in [1.807, 2.05) is 4.90 Å². The molecular formula is C20H21ClF2N6O2S. The summed E-state index contributed by atoms with van der Waals surface area (Å²) in [5.41, 5.74) is -1.07. The second kappa shape index (κ2) is 7.01. The van der Waals surface area contributed by atoms with E-state index >= 15 is 0 Å². The summed E-state index contributed by atoms with van der Waals surface area (Å²) in [5, 5.41) is 13.5. The van der Waals surface area contributed by atoms with E-state index in [2.05, 4.69) is 25.3 Å². The molecular weight excluding hydrogens is 462 g/mol. The molecule has 6 rings (SSSR count). The van der Waals surface area contributed by atoms with Crippen molar-refractivity contribution >= 4 is 34.2 Å². The lowest BCUT2D eigenvalue weighted by Gasteiger charge is -2.41. The Morgan fingerprint density at radius 3 is 2.50 bits per heavy atom. The number of aliphatic hydroxyl groups excluding tert-OH is 1. The number of hydrogen-bond acceptors (Lipinski definition) is 8. The van der Waals surface area contributed by atoms with Crippen molar-refractivity contribution in [2.45, 2.75) is 41.5 Å². The van der Waals surface area contributed by atoms with Crippen LogP contribution in [0.3, 0.4) is 0 Å². The Labute approximate surface area is 190 Å². The third-order valence-corrected chi connectivity index (χ3v) is 8.81. The zero-order valence-electron chi connectivity index (χ0n) is 17.0. The molecule has 4 heterocycles. The van der Waals surface area contributed by atoms with Gasteiger partial charge >= 0.3 is 5.92 Å². The Balaban J connectivity index is 1.29. The average molecular weight is 483 g/mol. The maximum Gasteiger partial charge on any atom is 0.302 e. The summed E-state index contributed by atoms with van der Waals surface area (Å²) >= 11 is 5.87. The molecule has 0 aromatic carbocycles. The number of anilines is 2. The van der Waals surface area contributed by atoms with E-state index in [9.17, 15) is 18.1 Å². The topological polar surface area (TPSA) is 104 Å². The zero-order chi connectivity index (χ0) is 22.3. The molecule has 0 radical (unpaired) electrons. The number of halogens is 3. The standard InChI is InChI=1S/C20H21ClF2N6O2S/c21-10-4-24-16(25-5-10)13-11-6-29(7-12(11)13)18-26-15-14(32(31)9-20(15,22)23)17(27-18)28-19(8-30)2-1-3-19/h4-5,11-13,30H,1-3,6-9H2,(H,26,27,28)/t11?,12?,13?,32-/m1/s1. The number of alkyl halides is 2. The van der Waals surface area contributed by atoms with Gasteiger partial charge in [0.2, 0.25) is 5.95 Å². The highest BCUT2D eigenvalue weighted by molar-refractivity contribution is 7.85. The number of aliphatic hydroxyl groups is 1. The summed E-state index contributed by atoms with van der Waals surface area (Å²) in [7, 11) is -1.90. The molecule has 2 saturated carbocycles. The number of piperidine rings is 1. The van der Waals surface area contributed by atoms with E-state index in [1.54, 1.807) is 12.4 Å². The molecule has 2 aliphatic carbocycles. The predicted octanol–water partition coefficient (Wildman–Crippen LogP) is 2.31. The molecule has 1 saturated heterocycles. The molecule has 0 spiro atoms. The zero-order valence-corrected chi connectivity index (χ0v) is 18.5. The predicted molar refractivity (Wildman–Crippen MR) is 113 cm³/mol. The number of fused-ring (bicyclic) bond motifs is 2. The number of hydrogen-bond donors (Lipinski definition) is 2. The largest absolute Gasteiger partial charge is 0.394 e. The van der Waals surface area contributed by atoms with Crippen molar-refractivity contribution in [1.29, 1.82) is 0 Å². The lowest BCUT2D eigenvalue weighted by atomic mass is 9.77. The SMILES string of the molecule is O=[S@@]1CC(F)(F)c2nc(N3CC4C(C3)C4c3ncc(Cl)cn3)nc(NC3(CO)CCC3)c21. The first-order chi connectivity index (χ1) is 15.3. The van der Waals surface area contributed by atoms with Crippen LogP contribution in [0.15, 0.2) is 17.3 Å². The monoisotopic (exact) mass is 482 g/mol. The maximum atomic E-state index is 14.6. The Bertz CT molecular complexity index is 1100. The Kier molecular flexibility index (Phi) is 4.51. The fraction of sp³-hybridized carbons (Fsp3) is 0.600. The highest BCUT2D eigenvalue weighted by Crippen LogP contribution is 2.58. The summed E-state index contributed by atoms with van der Waals surface area (Å²) in [5.74, 6) is -2.13. The second-order valence-corrected chi connectivity index (χ2v) is 11.0. The molecule has 2 aliphatic heterocycles. The van der Waals surface area contributed by atoms with Crippen LogP contribution < -0.4 is 10.2 Å². The summed E-state index contributed by atoms with van der Waals surface area (Å²) < 4.78 is 41.8. The van der Waals surface area contributed by atoms with Crippen molar-refractivity contribution < 1.29 is 18.1 Å². The summed E-state index contributed by atoms with van der Waals surface area (Å²) in [4.78, 5) is 19.2. The molecule has 2 aromatic rings. The van der Waals surface area contributed by atoms with Crippen molar-refractivity contribution in [3.05, 3.63) is 28.9 Å². The fourth-order valence-corrected chi connectivity index (χ4v) is 6.61. The van der Waals surface area contributed by atoms with Gasteiger partial charge in [-0.25, -0.2) is 15.0 Å². The molecule has 2 unspecified atom stereocenters. The molecule has 0 amide bonds. The lowest BCUT2D eigenvalue weighted by Crippen LogP contribution is -2.48. The van der Waals surface area contributed by atoms with Gasteiger partial charge in [0.1, 0.15) is 22.2 Å². The van der Waals surface area contributed by atoms with Crippen LogP contribution in [0.5, 0.6) is 0 Å². The van der Waals surface area contributed by atoms with Gasteiger partial charge in [-0.05, 0) is 31.1 Å². The fourth-order valence-electron chi connectivity index (χ4n) is 5.18. The lowest BCUT2D eigenvalue weighted by molar-refractivity contribution is 0.0191. The van der Waals surface area contributed by atoms with E-state index in [0.29, 0.717) is 42.8 Å². The molecule has 3 atom stereocenters. The molecule has 12 heteroatoms. The Morgan fingerprint density at radius 2 is 1.91 bits per heavy atom. The van der Waals surface area contributed by atoms with Crippen LogP contribution in [0, 0.1) is 11.8 Å². The quantitative estimate of drug-likeness (QED) is 0.669. The molecule has 3 fully saturated rings. The number of rotatable bonds is 5. The van der Waals surface area contributed by atoms with Gasteiger partial charge in [0.05, 0.1) is 33.7 Å². The van der Waals surface area contributed by atoms with Crippen molar-refractivity contribution in [3.8, 4) is 0 Å². The van der Waals surface area contributed by atoms with Crippen LogP contribution in [-0.2, 0) is 16.7 Å². The van der Waals surface area contributed by atoms with Gasteiger partial charge < -0.3 is 15.3 Å². The van der Waals surface area contributed by atoms with Crippen LogP contribution in [0.2, 0.25) is 5.02 Å². The molecule has 32 heavy (non-hydrogen) atoms. The van der Waals surface area contributed by atoms with Gasteiger partial charge in [-0.15, -0.1) is 0 Å². The first kappa shape index (κ1) is 20.6. The maximum absolute atomic E-state index is 14.6. The number of nitrogens with one attached hydrogen (secondary N) is 1. The molecule has 2 aromatic heterocycles. The van der Waals surface area contributed by atoms with Crippen molar-refractivity contribution in [1.82, 2.24) is 19.9 Å². The van der Waals surface area contributed by atoms with Gasteiger partial charge in [0.25, 0.3) is 0 Å². The van der Waals surface area contributed by atoms with Crippen LogP contribution in [0.4, 0.5) is 20.5 Å². The van der Waals surface area contributed by atoms with Gasteiger partial charge in [-0.1, -0.05) is 11.6 Å². The molecule has 2 N–H and O–H groups in total. The third kappa shape index (κ3) is 3.12. The van der Waals surface area contributed by atoms with E-state index in [-0.39, 0.29) is 29.2 Å². The molecule has 170 valence electrons. The van der Waals surface area contributed by atoms with E-state index in [4.69, 9.17) is 11.6 Å².